The SMILES string of the molecule is Cc1cc(C)n(Cc2ccc(C(=O)N3CCC(C)CC3)cc2)n1. The highest BCUT2D eigenvalue weighted by Gasteiger charge is 2.21. The molecule has 0 radical (unpaired) electrons. The minimum absolute atomic E-state index is 0.162. The molecule has 0 spiro atoms. The van der Waals surface area contributed by atoms with E-state index in [1.165, 1.54) is 5.56 Å². The van der Waals surface area contributed by atoms with Gasteiger partial charge in [-0.3, -0.25) is 9.48 Å². The van der Waals surface area contributed by atoms with E-state index < -0.39 is 0 Å². The first kappa shape index (κ1) is 15.8. The molecule has 1 amide bonds. The standard InChI is InChI=1S/C19H25N3O/c1-14-8-10-21(11-9-14)19(23)18-6-4-17(5-7-18)13-22-16(3)12-15(2)20-22/h4-7,12,14H,8-11,13H2,1-3H3. The van der Waals surface area contributed by atoms with E-state index in [2.05, 4.69) is 25.0 Å². The van der Waals surface area contributed by atoms with E-state index in [1.54, 1.807) is 0 Å². The largest absolute Gasteiger partial charge is 0.339 e. The number of rotatable bonds is 3. The maximum atomic E-state index is 12.5. The van der Waals surface area contributed by atoms with Crippen LogP contribution in [0.1, 0.15) is 47.1 Å². The Morgan fingerprint density at radius 2 is 1.83 bits per heavy atom. The summed E-state index contributed by atoms with van der Waals surface area (Å²) in [5.74, 6) is 0.900. The van der Waals surface area contributed by atoms with Crippen LogP contribution in [0.3, 0.4) is 0 Å². The van der Waals surface area contributed by atoms with Crippen molar-refractivity contribution in [3.63, 3.8) is 0 Å². The van der Waals surface area contributed by atoms with E-state index in [4.69, 9.17) is 0 Å². The zero-order chi connectivity index (χ0) is 16.4. The highest BCUT2D eigenvalue weighted by molar-refractivity contribution is 5.94. The van der Waals surface area contributed by atoms with Crippen LogP contribution in [0.25, 0.3) is 0 Å². The van der Waals surface area contributed by atoms with Crippen molar-refractivity contribution in [2.24, 2.45) is 5.92 Å². The molecule has 0 atom stereocenters. The fourth-order valence-corrected chi connectivity index (χ4v) is 3.15. The van der Waals surface area contributed by atoms with Gasteiger partial charge in [0, 0.05) is 24.3 Å². The van der Waals surface area contributed by atoms with Crippen LogP contribution in [-0.2, 0) is 6.54 Å². The molecule has 2 heterocycles. The maximum Gasteiger partial charge on any atom is 0.253 e. The van der Waals surface area contributed by atoms with E-state index in [0.29, 0.717) is 0 Å². The number of nitrogens with zero attached hydrogens (tertiary/aromatic N) is 3. The maximum absolute atomic E-state index is 12.5. The molecule has 4 nitrogen and oxygen atoms in total. The fourth-order valence-electron chi connectivity index (χ4n) is 3.15. The van der Waals surface area contributed by atoms with Crippen molar-refractivity contribution in [1.82, 2.24) is 14.7 Å². The Morgan fingerprint density at radius 1 is 1.17 bits per heavy atom. The molecule has 1 aromatic carbocycles. The third kappa shape index (κ3) is 3.63. The number of benzene rings is 1. The molecule has 0 N–H and O–H groups in total. The third-order valence-corrected chi connectivity index (χ3v) is 4.71. The van der Waals surface area contributed by atoms with Crippen LogP contribution in [0, 0.1) is 19.8 Å². The van der Waals surface area contributed by atoms with Gasteiger partial charge in [0.1, 0.15) is 0 Å². The molecule has 1 fully saturated rings. The summed E-state index contributed by atoms with van der Waals surface area (Å²) in [6.45, 7) is 8.84. The smallest absolute Gasteiger partial charge is 0.253 e. The van der Waals surface area contributed by atoms with Gasteiger partial charge >= 0.3 is 0 Å². The Hall–Kier alpha value is -2.10. The lowest BCUT2D eigenvalue weighted by atomic mass is 9.98. The van der Waals surface area contributed by atoms with Crippen molar-refractivity contribution in [1.29, 1.82) is 0 Å². The molecular weight excluding hydrogens is 286 g/mol. The number of piperidine rings is 1. The molecular formula is C19H25N3O. The van der Waals surface area contributed by atoms with E-state index in [1.807, 2.05) is 40.8 Å². The minimum atomic E-state index is 0.162. The summed E-state index contributed by atoms with van der Waals surface area (Å²) in [6, 6.07) is 10.0. The monoisotopic (exact) mass is 311 g/mol. The van der Waals surface area contributed by atoms with Crippen LogP contribution in [0.2, 0.25) is 0 Å². The molecule has 23 heavy (non-hydrogen) atoms. The van der Waals surface area contributed by atoms with Crippen molar-refractivity contribution in [3.05, 3.63) is 52.8 Å². The highest BCUT2D eigenvalue weighted by atomic mass is 16.2. The summed E-state index contributed by atoms with van der Waals surface area (Å²) in [4.78, 5) is 14.5. The first-order valence-corrected chi connectivity index (χ1v) is 8.42. The number of aryl methyl sites for hydroxylation is 2. The van der Waals surface area contributed by atoms with Gasteiger partial charge in [-0.05, 0) is 56.4 Å². The molecule has 3 rings (SSSR count). The molecule has 0 bridgehead atoms. The number of hydrogen-bond acceptors (Lipinski definition) is 2. The summed E-state index contributed by atoms with van der Waals surface area (Å²) in [6.07, 6.45) is 2.23. The number of aromatic nitrogens is 2. The van der Waals surface area contributed by atoms with Crippen molar-refractivity contribution in [3.8, 4) is 0 Å². The lowest BCUT2D eigenvalue weighted by Gasteiger charge is -2.30. The van der Waals surface area contributed by atoms with Gasteiger partial charge < -0.3 is 4.90 Å². The van der Waals surface area contributed by atoms with Gasteiger partial charge in [0.25, 0.3) is 5.91 Å². The van der Waals surface area contributed by atoms with Crippen LogP contribution in [0.5, 0.6) is 0 Å². The number of carbonyl (C=O) groups is 1. The van der Waals surface area contributed by atoms with E-state index in [-0.39, 0.29) is 5.91 Å². The van der Waals surface area contributed by atoms with Crippen molar-refractivity contribution in [2.45, 2.75) is 40.2 Å². The molecule has 4 heteroatoms. The summed E-state index contributed by atoms with van der Waals surface area (Å²) in [5, 5.41) is 4.49. The molecule has 1 aromatic heterocycles. The number of hydrogen-bond donors (Lipinski definition) is 0. The van der Waals surface area contributed by atoms with Crippen LogP contribution < -0.4 is 0 Å². The molecule has 2 aromatic rings. The first-order chi connectivity index (χ1) is 11.0. The summed E-state index contributed by atoms with van der Waals surface area (Å²) in [7, 11) is 0. The van der Waals surface area contributed by atoms with Gasteiger partial charge in [0.2, 0.25) is 0 Å². The second-order valence-electron chi connectivity index (χ2n) is 6.76. The number of likely N-dealkylation sites (tertiary alicyclic amines) is 1. The van der Waals surface area contributed by atoms with Crippen molar-refractivity contribution in [2.75, 3.05) is 13.1 Å². The molecule has 1 saturated heterocycles. The highest BCUT2D eigenvalue weighted by Crippen LogP contribution is 2.18. The molecule has 1 aliphatic heterocycles. The van der Waals surface area contributed by atoms with Crippen molar-refractivity contribution < 1.29 is 4.79 Å². The normalized spacial score (nSPS) is 15.9. The molecule has 0 aliphatic carbocycles. The van der Waals surface area contributed by atoms with Gasteiger partial charge in [0.15, 0.2) is 0 Å². The van der Waals surface area contributed by atoms with Gasteiger partial charge in [-0.25, -0.2) is 0 Å². The second kappa shape index (κ2) is 6.57. The van der Waals surface area contributed by atoms with E-state index in [9.17, 15) is 4.79 Å². The molecule has 0 unspecified atom stereocenters. The molecule has 122 valence electrons. The first-order valence-electron chi connectivity index (χ1n) is 8.42. The van der Waals surface area contributed by atoms with E-state index in [0.717, 1.165) is 55.3 Å². The topological polar surface area (TPSA) is 38.1 Å². The Kier molecular flexibility index (Phi) is 4.51. The second-order valence-corrected chi connectivity index (χ2v) is 6.76. The average molecular weight is 311 g/mol. The van der Waals surface area contributed by atoms with Crippen LogP contribution in [0.4, 0.5) is 0 Å². The summed E-state index contributed by atoms with van der Waals surface area (Å²) in [5.41, 5.74) is 4.15. The number of carbonyl (C=O) groups excluding carboxylic acids is 1. The lowest BCUT2D eigenvalue weighted by molar-refractivity contribution is 0.0697. The Bertz CT molecular complexity index is 679. The zero-order valence-electron chi connectivity index (χ0n) is 14.2. The van der Waals surface area contributed by atoms with Crippen LogP contribution >= 0.6 is 0 Å². The van der Waals surface area contributed by atoms with Crippen LogP contribution in [0.15, 0.2) is 30.3 Å². The van der Waals surface area contributed by atoms with E-state index >= 15 is 0 Å². The Labute approximate surface area is 138 Å². The predicted octanol–water partition coefficient (Wildman–Crippen LogP) is 3.42. The quantitative estimate of drug-likeness (QED) is 0.871. The lowest BCUT2D eigenvalue weighted by Crippen LogP contribution is -2.37. The molecule has 1 aliphatic rings. The van der Waals surface area contributed by atoms with Gasteiger partial charge in [-0.15, -0.1) is 0 Å². The Balaban J connectivity index is 1.67. The molecule has 0 saturated carbocycles. The third-order valence-electron chi connectivity index (χ3n) is 4.71. The van der Waals surface area contributed by atoms with Gasteiger partial charge in [0.05, 0.1) is 12.2 Å². The fraction of sp³-hybridized carbons (Fsp3) is 0.474. The Morgan fingerprint density at radius 3 is 2.39 bits per heavy atom. The minimum Gasteiger partial charge on any atom is -0.339 e. The predicted molar refractivity (Wildman–Crippen MR) is 91.5 cm³/mol. The van der Waals surface area contributed by atoms with Crippen LogP contribution in [-0.4, -0.2) is 33.7 Å². The van der Waals surface area contributed by atoms with Gasteiger partial charge in [-0.1, -0.05) is 19.1 Å². The van der Waals surface area contributed by atoms with Gasteiger partial charge in [-0.2, -0.15) is 5.10 Å². The summed E-state index contributed by atoms with van der Waals surface area (Å²) >= 11 is 0. The summed E-state index contributed by atoms with van der Waals surface area (Å²) < 4.78 is 2.00. The number of amides is 1. The zero-order valence-corrected chi connectivity index (χ0v) is 14.2. The average Bonchev–Trinajstić information content (AvgIpc) is 2.86. The van der Waals surface area contributed by atoms with Crippen molar-refractivity contribution >= 4 is 5.91 Å².